The topological polar surface area (TPSA) is 78.6 Å². The van der Waals surface area contributed by atoms with E-state index >= 15 is 0 Å². The number of esters is 1. The van der Waals surface area contributed by atoms with Crippen LogP contribution in [0.4, 0.5) is 4.79 Å². The molecular formula is C16H23NO4. The van der Waals surface area contributed by atoms with Crippen LogP contribution in [0.15, 0.2) is 30.3 Å². The van der Waals surface area contributed by atoms with Crippen molar-refractivity contribution < 1.29 is 19.1 Å². The Morgan fingerprint density at radius 3 is 2.38 bits per heavy atom. The highest BCUT2D eigenvalue weighted by atomic mass is 16.7. The van der Waals surface area contributed by atoms with Crippen LogP contribution in [0.25, 0.3) is 0 Å². The predicted octanol–water partition coefficient (Wildman–Crippen LogP) is 2.81. The van der Waals surface area contributed by atoms with Crippen LogP contribution in [0.1, 0.15) is 39.2 Å². The standard InChI is InChI=1S/C16H23NO4/c1-16(2,3)21-15(19)20-14(18)10-9-13(17)11-12-7-5-4-6-8-12/h4-8,13H,9-11,17H2,1-3H3/t13-/m0/s1. The second-order valence-electron chi connectivity index (χ2n) is 5.93. The maximum atomic E-state index is 11.5. The summed E-state index contributed by atoms with van der Waals surface area (Å²) in [6.45, 7) is 5.11. The first-order valence-electron chi connectivity index (χ1n) is 6.99. The molecule has 0 unspecified atom stereocenters. The van der Waals surface area contributed by atoms with E-state index in [0.29, 0.717) is 12.8 Å². The number of carbonyl (C=O) groups excluding carboxylic acids is 2. The zero-order valence-corrected chi connectivity index (χ0v) is 12.8. The highest BCUT2D eigenvalue weighted by molar-refractivity contribution is 5.81. The third kappa shape index (κ3) is 8.09. The zero-order chi connectivity index (χ0) is 15.9. The monoisotopic (exact) mass is 293 g/mol. The number of hydrogen-bond donors (Lipinski definition) is 1. The Balaban J connectivity index is 2.28. The molecule has 0 heterocycles. The first-order chi connectivity index (χ1) is 9.76. The molecule has 0 amide bonds. The third-order valence-corrected chi connectivity index (χ3v) is 2.65. The molecule has 1 atom stereocenters. The molecule has 0 radical (unpaired) electrons. The van der Waals surface area contributed by atoms with Gasteiger partial charge in [0.25, 0.3) is 0 Å². The molecular weight excluding hydrogens is 270 g/mol. The van der Waals surface area contributed by atoms with Crippen molar-refractivity contribution in [3.05, 3.63) is 35.9 Å². The summed E-state index contributed by atoms with van der Waals surface area (Å²) in [4.78, 5) is 22.8. The average Bonchev–Trinajstić information content (AvgIpc) is 2.35. The summed E-state index contributed by atoms with van der Waals surface area (Å²) in [6, 6.07) is 9.64. The Morgan fingerprint density at radius 1 is 1.19 bits per heavy atom. The smallest absolute Gasteiger partial charge is 0.428 e. The van der Waals surface area contributed by atoms with Crippen LogP contribution in [0.2, 0.25) is 0 Å². The van der Waals surface area contributed by atoms with E-state index in [9.17, 15) is 9.59 Å². The summed E-state index contributed by atoms with van der Waals surface area (Å²) in [5.41, 5.74) is 6.40. The van der Waals surface area contributed by atoms with E-state index < -0.39 is 17.7 Å². The zero-order valence-electron chi connectivity index (χ0n) is 12.8. The second kappa shape index (κ2) is 7.78. The van der Waals surface area contributed by atoms with E-state index in [1.807, 2.05) is 30.3 Å². The number of rotatable bonds is 5. The highest BCUT2D eigenvalue weighted by Crippen LogP contribution is 2.10. The summed E-state index contributed by atoms with van der Waals surface area (Å²) in [5.74, 6) is -0.618. The molecule has 21 heavy (non-hydrogen) atoms. The van der Waals surface area contributed by atoms with Gasteiger partial charge < -0.3 is 15.2 Å². The molecule has 0 aliphatic rings. The maximum Gasteiger partial charge on any atom is 0.516 e. The summed E-state index contributed by atoms with van der Waals surface area (Å²) in [7, 11) is 0. The molecule has 2 N–H and O–H groups in total. The van der Waals surface area contributed by atoms with Gasteiger partial charge in [-0.25, -0.2) is 4.79 Å². The van der Waals surface area contributed by atoms with Crippen molar-refractivity contribution in [3.8, 4) is 0 Å². The summed E-state index contributed by atoms with van der Waals surface area (Å²) in [6.07, 6.45) is 0.258. The molecule has 0 aliphatic heterocycles. The van der Waals surface area contributed by atoms with Crippen molar-refractivity contribution in [1.29, 1.82) is 0 Å². The number of carbonyl (C=O) groups is 2. The average molecular weight is 293 g/mol. The van der Waals surface area contributed by atoms with Crippen LogP contribution in [-0.2, 0) is 20.7 Å². The Labute approximate surface area is 125 Å². The minimum absolute atomic E-state index is 0.0905. The largest absolute Gasteiger partial charge is 0.516 e. The lowest BCUT2D eigenvalue weighted by molar-refractivity contribution is -0.141. The van der Waals surface area contributed by atoms with E-state index in [0.717, 1.165) is 5.56 Å². The third-order valence-electron chi connectivity index (χ3n) is 2.65. The lowest BCUT2D eigenvalue weighted by Crippen LogP contribution is -2.27. The van der Waals surface area contributed by atoms with Gasteiger partial charge in [-0.2, -0.15) is 0 Å². The molecule has 0 saturated heterocycles. The normalized spacial score (nSPS) is 12.6. The fourth-order valence-electron chi connectivity index (χ4n) is 1.74. The first-order valence-corrected chi connectivity index (χ1v) is 6.99. The minimum atomic E-state index is -0.968. The molecule has 116 valence electrons. The molecule has 0 bridgehead atoms. The van der Waals surface area contributed by atoms with Gasteiger partial charge in [0, 0.05) is 12.5 Å². The van der Waals surface area contributed by atoms with Crippen molar-refractivity contribution in [2.75, 3.05) is 0 Å². The molecule has 0 aromatic heterocycles. The molecule has 1 rings (SSSR count). The number of nitrogens with two attached hydrogens (primary N) is 1. The van der Waals surface area contributed by atoms with Crippen LogP contribution < -0.4 is 5.73 Å². The quantitative estimate of drug-likeness (QED) is 0.667. The molecule has 0 aliphatic carbocycles. The van der Waals surface area contributed by atoms with E-state index in [1.54, 1.807) is 20.8 Å². The summed E-state index contributed by atoms with van der Waals surface area (Å²) < 4.78 is 9.47. The van der Waals surface area contributed by atoms with E-state index in [1.165, 1.54) is 0 Å². The Morgan fingerprint density at radius 2 is 1.81 bits per heavy atom. The minimum Gasteiger partial charge on any atom is -0.428 e. The molecule has 1 aromatic carbocycles. The lowest BCUT2D eigenvalue weighted by Gasteiger charge is -2.18. The Bertz CT molecular complexity index is 465. The van der Waals surface area contributed by atoms with Gasteiger partial charge >= 0.3 is 12.1 Å². The fraction of sp³-hybridized carbons (Fsp3) is 0.500. The molecule has 1 aromatic rings. The van der Waals surface area contributed by atoms with Gasteiger partial charge in [-0.15, -0.1) is 0 Å². The summed E-state index contributed by atoms with van der Waals surface area (Å²) in [5, 5.41) is 0. The van der Waals surface area contributed by atoms with E-state index in [2.05, 4.69) is 4.74 Å². The van der Waals surface area contributed by atoms with Crippen LogP contribution in [0.3, 0.4) is 0 Å². The van der Waals surface area contributed by atoms with Crippen molar-refractivity contribution >= 4 is 12.1 Å². The number of ether oxygens (including phenoxy) is 2. The number of hydrogen-bond acceptors (Lipinski definition) is 5. The van der Waals surface area contributed by atoms with Crippen molar-refractivity contribution in [2.45, 2.75) is 51.7 Å². The molecule has 5 nitrogen and oxygen atoms in total. The second-order valence-corrected chi connectivity index (χ2v) is 5.93. The Kier molecular flexibility index (Phi) is 6.37. The SMILES string of the molecule is CC(C)(C)OC(=O)OC(=O)CC[C@H](N)Cc1ccccc1. The van der Waals surface area contributed by atoms with E-state index in [4.69, 9.17) is 10.5 Å². The molecule has 0 spiro atoms. The van der Waals surface area contributed by atoms with Gasteiger partial charge in [-0.05, 0) is 39.2 Å². The van der Waals surface area contributed by atoms with Crippen LogP contribution in [-0.4, -0.2) is 23.8 Å². The highest BCUT2D eigenvalue weighted by Gasteiger charge is 2.20. The lowest BCUT2D eigenvalue weighted by atomic mass is 10.0. The van der Waals surface area contributed by atoms with Crippen molar-refractivity contribution in [1.82, 2.24) is 0 Å². The van der Waals surface area contributed by atoms with Gasteiger partial charge in [0.1, 0.15) is 5.60 Å². The van der Waals surface area contributed by atoms with Gasteiger partial charge in [0.2, 0.25) is 0 Å². The van der Waals surface area contributed by atoms with Gasteiger partial charge in [-0.3, -0.25) is 4.79 Å². The fourth-order valence-corrected chi connectivity index (χ4v) is 1.74. The van der Waals surface area contributed by atoms with Crippen LogP contribution in [0.5, 0.6) is 0 Å². The van der Waals surface area contributed by atoms with Crippen LogP contribution in [0, 0.1) is 0 Å². The maximum absolute atomic E-state index is 11.5. The van der Waals surface area contributed by atoms with E-state index in [-0.39, 0.29) is 12.5 Å². The predicted molar refractivity (Wildman–Crippen MR) is 79.7 cm³/mol. The molecule has 5 heteroatoms. The van der Waals surface area contributed by atoms with Gasteiger partial charge in [-0.1, -0.05) is 30.3 Å². The van der Waals surface area contributed by atoms with Crippen molar-refractivity contribution in [2.24, 2.45) is 5.73 Å². The summed E-state index contributed by atoms with van der Waals surface area (Å²) >= 11 is 0. The van der Waals surface area contributed by atoms with Crippen LogP contribution >= 0.6 is 0 Å². The first kappa shape index (κ1) is 17.2. The van der Waals surface area contributed by atoms with Gasteiger partial charge in [0.05, 0.1) is 0 Å². The van der Waals surface area contributed by atoms with Crippen molar-refractivity contribution in [3.63, 3.8) is 0 Å². The Hall–Kier alpha value is -1.88. The molecule has 0 fully saturated rings. The van der Waals surface area contributed by atoms with Gasteiger partial charge in [0.15, 0.2) is 0 Å². The molecule has 0 saturated carbocycles. The number of benzene rings is 1.